The van der Waals surface area contributed by atoms with Crippen molar-refractivity contribution in [2.75, 3.05) is 0 Å². The van der Waals surface area contributed by atoms with Gasteiger partial charge in [0.15, 0.2) is 0 Å². The molecule has 1 rings (SSSR count). The minimum atomic E-state index is -4.67. The van der Waals surface area contributed by atoms with Crippen molar-refractivity contribution in [2.24, 2.45) is 0 Å². The van der Waals surface area contributed by atoms with E-state index in [1.807, 2.05) is 0 Å². The molecule has 1 aromatic rings. The number of rotatable bonds is 14. The Labute approximate surface area is 201 Å². The molecule has 33 heavy (non-hydrogen) atoms. The first-order chi connectivity index (χ1) is 15.4. The summed E-state index contributed by atoms with van der Waals surface area (Å²) in [5.41, 5.74) is 1.50. The van der Waals surface area contributed by atoms with Gasteiger partial charge in [-0.25, -0.2) is 4.90 Å². The maximum absolute atomic E-state index is 8.96. The van der Waals surface area contributed by atoms with Crippen molar-refractivity contribution in [3.8, 4) is 0 Å². The third-order valence-electron chi connectivity index (χ3n) is 4.96. The van der Waals surface area contributed by atoms with Crippen LogP contribution in [0.5, 0.6) is 0 Å². The fraction of sp³-hybridized carbons (Fsp3) is 0.750. The fourth-order valence-electron chi connectivity index (χ4n) is 3.40. The van der Waals surface area contributed by atoms with Crippen LogP contribution in [-0.2, 0) is 16.8 Å². The molecule has 0 spiro atoms. The average Bonchev–Trinajstić information content (AvgIpc) is 2.68. The molecule has 0 bridgehead atoms. The summed E-state index contributed by atoms with van der Waals surface area (Å²) in [7, 11) is -4.67. The first kappa shape index (κ1) is 34.1. The molecule has 0 saturated carbocycles. The minimum absolute atomic E-state index is 0.833. The highest BCUT2D eigenvalue weighted by molar-refractivity contribution is 7.79. The highest BCUT2D eigenvalue weighted by atomic mass is 32.3. The molecule has 0 aromatic heterocycles. The van der Waals surface area contributed by atoms with E-state index < -0.39 is 29.1 Å². The summed E-state index contributed by atoms with van der Waals surface area (Å²) < 4.78 is 31.6. The van der Waals surface area contributed by atoms with Crippen molar-refractivity contribution >= 4 is 10.4 Å². The Hall–Kier alpha value is -1.07. The van der Waals surface area contributed by atoms with Crippen LogP contribution in [0.4, 0.5) is 0 Å². The van der Waals surface area contributed by atoms with Crippen molar-refractivity contribution in [2.45, 2.75) is 117 Å². The van der Waals surface area contributed by atoms with E-state index in [1.165, 1.54) is 102 Å². The Morgan fingerprint density at radius 2 is 1.03 bits per heavy atom. The van der Waals surface area contributed by atoms with E-state index in [0.29, 0.717) is 0 Å². The van der Waals surface area contributed by atoms with E-state index in [-0.39, 0.29) is 0 Å². The average molecular weight is 494 g/mol. The standard InChI is InChI=1S/C18H30.C6H15NO3.H2O4S/c1-2-3-4-5-6-7-8-9-10-12-15-18-16-13-11-14-17-18;1-4(8)7(5(2)9)6(3)10;1-5(2,3)4/h11,13-14,16-17H,2-10,12,15H2,1H3;4-6,8-10H,1-3H3;(H2,1,2,3,4). The van der Waals surface area contributed by atoms with Crippen LogP contribution in [0.2, 0.25) is 0 Å². The van der Waals surface area contributed by atoms with Crippen molar-refractivity contribution in [1.82, 2.24) is 4.90 Å². The molecule has 0 aliphatic carbocycles. The normalized spacial score (nSPS) is 13.9. The number of benzene rings is 1. The zero-order chi connectivity index (χ0) is 25.7. The number of nitrogens with zero attached hydrogens (tertiary/aromatic N) is 1. The van der Waals surface area contributed by atoms with Crippen molar-refractivity contribution in [3.05, 3.63) is 35.9 Å². The number of unbranched alkanes of at least 4 members (excludes halogenated alkanes) is 9. The van der Waals surface area contributed by atoms with Gasteiger partial charge in [0, 0.05) is 0 Å². The maximum Gasteiger partial charge on any atom is 0.394 e. The third-order valence-corrected chi connectivity index (χ3v) is 4.96. The molecule has 0 fully saturated rings. The van der Waals surface area contributed by atoms with Crippen molar-refractivity contribution in [3.63, 3.8) is 0 Å². The number of aliphatic hydroxyl groups excluding tert-OH is 3. The molecule has 0 aliphatic heterocycles. The van der Waals surface area contributed by atoms with E-state index in [1.54, 1.807) is 0 Å². The van der Waals surface area contributed by atoms with Gasteiger partial charge in [-0.05, 0) is 39.2 Å². The predicted octanol–water partition coefficient (Wildman–Crippen LogP) is 4.80. The first-order valence-electron chi connectivity index (χ1n) is 12.0. The Morgan fingerprint density at radius 1 is 0.697 bits per heavy atom. The van der Waals surface area contributed by atoms with Crippen molar-refractivity contribution < 1.29 is 32.8 Å². The van der Waals surface area contributed by atoms with Gasteiger partial charge < -0.3 is 15.3 Å². The quantitative estimate of drug-likeness (QED) is 0.141. The second kappa shape index (κ2) is 21.5. The predicted molar refractivity (Wildman–Crippen MR) is 133 cm³/mol. The molecule has 9 heteroatoms. The first-order valence-corrected chi connectivity index (χ1v) is 13.3. The Balaban J connectivity index is 0. The lowest BCUT2D eigenvalue weighted by Crippen LogP contribution is -2.45. The summed E-state index contributed by atoms with van der Waals surface area (Å²) in [5, 5.41) is 26.9. The molecule has 5 N–H and O–H groups in total. The Kier molecular flexibility index (Phi) is 22.2. The van der Waals surface area contributed by atoms with Gasteiger partial charge in [-0.1, -0.05) is 95.0 Å². The lowest BCUT2D eigenvalue weighted by atomic mass is 10.0. The molecule has 8 nitrogen and oxygen atoms in total. The van der Waals surface area contributed by atoms with E-state index in [4.69, 9.17) is 32.8 Å². The monoisotopic (exact) mass is 493 g/mol. The van der Waals surface area contributed by atoms with Crippen LogP contribution in [0.1, 0.15) is 97.5 Å². The van der Waals surface area contributed by atoms with Gasteiger partial charge in [0.25, 0.3) is 0 Å². The molecule has 0 saturated heterocycles. The highest BCUT2D eigenvalue weighted by Gasteiger charge is 2.20. The number of hydrogen-bond donors (Lipinski definition) is 5. The lowest BCUT2D eigenvalue weighted by molar-refractivity contribution is -0.159. The molecule has 3 atom stereocenters. The second-order valence-electron chi connectivity index (χ2n) is 8.21. The van der Waals surface area contributed by atoms with Crippen LogP contribution in [-0.4, -0.2) is 56.4 Å². The lowest BCUT2D eigenvalue weighted by Gasteiger charge is -2.30. The van der Waals surface area contributed by atoms with E-state index >= 15 is 0 Å². The third kappa shape index (κ3) is 27.1. The summed E-state index contributed by atoms with van der Waals surface area (Å²) in [5.74, 6) is 0. The zero-order valence-corrected chi connectivity index (χ0v) is 21.6. The number of aryl methyl sites for hydroxylation is 1. The van der Waals surface area contributed by atoms with Gasteiger partial charge in [0.2, 0.25) is 0 Å². The largest absolute Gasteiger partial charge is 0.394 e. The maximum atomic E-state index is 8.96. The highest BCUT2D eigenvalue weighted by Crippen LogP contribution is 2.12. The molecule has 0 amide bonds. The molecule has 0 heterocycles. The summed E-state index contributed by atoms with van der Waals surface area (Å²) in [6, 6.07) is 10.9. The summed E-state index contributed by atoms with van der Waals surface area (Å²) in [6.45, 7) is 6.74. The zero-order valence-electron chi connectivity index (χ0n) is 20.8. The summed E-state index contributed by atoms with van der Waals surface area (Å²) in [6.07, 6.45) is 13.0. The minimum Gasteiger partial charge on any atom is -0.379 e. The SMILES string of the molecule is CC(O)N(C(C)O)C(C)O.CCCCCCCCCCCCc1ccccc1.O=S(=O)(O)O. The summed E-state index contributed by atoms with van der Waals surface area (Å²) >= 11 is 0. The van der Waals surface area contributed by atoms with Crippen LogP contribution >= 0.6 is 0 Å². The van der Waals surface area contributed by atoms with Crippen LogP contribution in [0.3, 0.4) is 0 Å². The molecular weight excluding hydrogens is 446 g/mol. The van der Waals surface area contributed by atoms with Gasteiger partial charge in [-0.2, -0.15) is 8.42 Å². The fourth-order valence-corrected chi connectivity index (χ4v) is 3.40. The van der Waals surface area contributed by atoms with Crippen LogP contribution in [0.25, 0.3) is 0 Å². The van der Waals surface area contributed by atoms with Gasteiger partial charge in [0.05, 0.1) is 0 Å². The van der Waals surface area contributed by atoms with E-state index in [2.05, 4.69) is 37.3 Å². The van der Waals surface area contributed by atoms with Crippen LogP contribution in [0.15, 0.2) is 30.3 Å². The molecule has 0 radical (unpaired) electrons. The van der Waals surface area contributed by atoms with Crippen LogP contribution in [0, 0.1) is 0 Å². The smallest absolute Gasteiger partial charge is 0.379 e. The Morgan fingerprint density at radius 3 is 1.33 bits per heavy atom. The van der Waals surface area contributed by atoms with Gasteiger partial charge in [0.1, 0.15) is 18.7 Å². The molecule has 3 unspecified atom stereocenters. The molecule has 196 valence electrons. The number of aliphatic hydroxyl groups is 3. The Bertz CT molecular complexity index is 610. The van der Waals surface area contributed by atoms with Crippen LogP contribution < -0.4 is 0 Å². The van der Waals surface area contributed by atoms with E-state index in [9.17, 15) is 0 Å². The van der Waals surface area contributed by atoms with Crippen molar-refractivity contribution in [1.29, 1.82) is 0 Å². The second-order valence-corrected chi connectivity index (χ2v) is 9.10. The molecular formula is C24H47NO7S. The van der Waals surface area contributed by atoms with Gasteiger partial charge >= 0.3 is 10.4 Å². The topological polar surface area (TPSA) is 139 Å². The molecule has 1 aromatic carbocycles. The number of hydrogen-bond acceptors (Lipinski definition) is 6. The van der Waals surface area contributed by atoms with Gasteiger partial charge in [-0.15, -0.1) is 0 Å². The summed E-state index contributed by atoms with van der Waals surface area (Å²) in [4.78, 5) is 1.17. The molecule has 0 aliphatic rings. The van der Waals surface area contributed by atoms with Gasteiger partial charge in [-0.3, -0.25) is 9.11 Å². The van der Waals surface area contributed by atoms with E-state index in [0.717, 1.165) is 0 Å².